The number of methoxy groups -OCH3 is 2. The summed E-state index contributed by atoms with van der Waals surface area (Å²) in [7, 11) is -0.608. The number of benzene rings is 2. The molecule has 0 aliphatic heterocycles. The van der Waals surface area contributed by atoms with Gasteiger partial charge >= 0.3 is 0 Å². The Balaban J connectivity index is 1.68. The number of ether oxygens (including phenoxy) is 2. The maximum atomic E-state index is 12.3. The molecule has 136 valence electrons. The second-order valence-corrected chi connectivity index (χ2v) is 7.00. The summed E-state index contributed by atoms with van der Waals surface area (Å²) >= 11 is 0. The standard InChI is InChI=1S/C17H17N3O5S/c1-23-13-5-3-12(4-6-13)17-20-19-16(25-17)11-18-26(21,22)15-9-7-14(24-2)8-10-15/h3-10,18H,11H2,1-2H3. The van der Waals surface area contributed by atoms with Crippen molar-refractivity contribution in [1.82, 2.24) is 14.9 Å². The average Bonchev–Trinajstić information content (AvgIpc) is 3.16. The highest BCUT2D eigenvalue weighted by Gasteiger charge is 2.16. The quantitative estimate of drug-likeness (QED) is 0.675. The fraction of sp³-hybridized carbons (Fsp3) is 0.176. The van der Waals surface area contributed by atoms with E-state index in [1.54, 1.807) is 43.5 Å². The SMILES string of the molecule is COc1ccc(-c2nnc(CNS(=O)(=O)c3ccc(OC)cc3)o2)cc1. The Bertz CT molecular complexity index is 966. The molecule has 8 nitrogen and oxygen atoms in total. The van der Waals surface area contributed by atoms with Crippen LogP contribution in [0.25, 0.3) is 11.5 Å². The summed E-state index contributed by atoms with van der Waals surface area (Å²) in [6.45, 7) is -0.114. The maximum absolute atomic E-state index is 12.3. The van der Waals surface area contributed by atoms with Crippen LogP contribution in [0.5, 0.6) is 11.5 Å². The summed E-state index contributed by atoms with van der Waals surface area (Å²) in [6.07, 6.45) is 0. The maximum Gasteiger partial charge on any atom is 0.247 e. The minimum Gasteiger partial charge on any atom is -0.497 e. The van der Waals surface area contributed by atoms with Gasteiger partial charge in [0.25, 0.3) is 0 Å². The number of nitrogens with zero attached hydrogens (tertiary/aromatic N) is 2. The zero-order valence-corrected chi connectivity index (χ0v) is 15.0. The molecule has 0 aliphatic rings. The Hall–Kier alpha value is -2.91. The van der Waals surface area contributed by atoms with Crippen molar-refractivity contribution in [3.05, 3.63) is 54.4 Å². The van der Waals surface area contributed by atoms with Gasteiger partial charge < -0.3 is 13.9 Å². The van der Waals surface area contributed by atoms with Crippen molar-refractivity contribution in [2.45, 2.75) is 11.4 Å². The van der Waals surface area contributed by atoms with Gasteiger partial charge in [0.15, 0.2) is 0 Å². The minimum atomic E-state index is -3.70. The Morgan fingerprint density at radius 2 is 1.50 bits per heavy atom. The monoisotopic (exact) mass is 375 g/mol. The third-order valence-electron chi connectivity index (χ3n) is 3.59. The van der Waals surface area contributed by atoms with Gasteiger partial charge in [-0.1, -0.05) is 0 Å². The lowest BCUT2D eigenvalue weighted by Gasteiger charge is -2.05. The molecule has 0 aliphatic carbocycles. The van der Waals surface area contributed by atoms with Crippen LogP contribution in [-0.4, -0.2) is 32.8 Å². The first-order chi connectivity index (χ1) is 12.5. The smallest absolute Gasteiger partial charge is 0.247 e. The van der Waals surface area contributed by atoms with Crippen molar-refractivity contribution in [1.29, 1.82) is 0 Å². The molecule has 0 unspecified atom stereocenters. The number of rotatable bonds is 7. The van der Waals surface area contributed by atoms with Crippen LogP contribution >= 0.6 is 0 Å². The fourth-order valence-electron chi connectivity index (χ4n) is 2.17. The third-order valence-corrected chi connectivity index (χ3v) is 5.00. The molecule has 1 aromatic heterocycles. The predicted molar refractivity (Wildman–Crippen MR) is 93.3 cm³/mol. The van der Waals surface area contributed by atoms with Gasteiger partial charge in [0.05, 0.1) is 25.7 Å². The lowest BCUT2D eigenvalue weighted by Crippen LogP contribution is -2.23. The van der Waals surface area contributed by atoms with Crippen molar-refractivity contribution < 1.29 is 22.3 Å². The van der Waals surface area contributed by atoms with Crippen LogP contribution in [0.2, 0.25) is 0 Å². The Kier molecular flexibility index (Phi) is 5.19. The topological polar surface area (TPSA) is 104 Å². The van der Waals surface area contributed by atoms with E-state index in [9.17, 15) is 8.42 Å². The number of sulfonamides is 1. The van der Waals surface area contributed by atoms with Gasteiger partial charge in [-0.15, -0.1) is 10.2 Å². The van der Waals surface area contributed by atoms with E-state index in [-0.39, 0.29) is 17.3 Å². The molecule has 3 rings (SSSR count). The summed E-state index contributed by atoms with van der Waals surface area (Å²) in [5.74, 6) is 1.74. The molecule has 0 atom stereocenters. The molecule has 0 spiro atoms. The van der Waals surface area contributed by atoms with Gasteiger partial charge in [-0.3, -0.25) is 0 Å². The number of aromatic nitrogens is 2. The summed E-state index contributed by atoms with van der Waals surface area (Å²) in [5.41, 5.74) is 0.711. The van der Waals surface area contributed by atoms with Gasteiger partial charge in [-0.25, -0.2) is 13.1 Å². The Labute approximate surface area is 150 Å². The van der Waals surface area contributed by atoms with Crippen LogP contribution in [0, 0.1) is 0 Å². The van der Waals surface area contributed by atoms with E-state index in [1.165, 1.54) is 19.2 Å². The first kappa shape index (κ1) is 17.9. The molecule has 0 saturated carbocycles. The van der Waals surface area contributed by atoms with Crippen molar-refractivity contribution in [2.75, 3.05) is 14.2 Å². The molecule has 0 saturated heterocycles. The van der Waals surface area contributed by atoms with Crippen LogP contribution in [-0.2, 0) is 16.6 Å². The van der Waals surface area contributed by atoms with Crippen molar-refractivity contribution in [3.63, 3.8) is 0 Å². The van der Waals surface area contributed by atoms with E-state index in [2.05, 4.69) is 14.9 Å². The molecular formula is C17H17N3O5S. The molecule has 3 aromatic rings. The highest BCUT2D eigenvalue weighted by Crippen LogP contribution is 2.21. The second-order valence-electron chi connectivity index (χ2n) is 5.23. The molecule has 0 amide bonds. The van der Waals surface area contributed by atoms with Gasteiger partial charge in [0.2, 0.25) is 21.8 Å². The highest BCUT2D eigenvalue weighted by molar-refractivity contribution is 7.89. The van der Waals surface area contributed by atoms with Crippen LogP contribution in [0.3, 0.4) is 0 Å². The van der Waals surface area contributed by atoms with E-state index in [1.807, 2.05) is 0 Å². The number of nitrogens with one attached hydrogen (secondary N) is 1. The zero-order chi connectivity index (χ0) is 18.6. The van der Waals surface area contributed by atoms with Crippen LogP contribution in [0.4, 0.5) is 0 Å². The molecule has 1 heterocycles. The fourth-order valence-corrected chi connectivity index (χ4v) is 3.14. The van der Waals surface area contributed by atoms with E-state index in [0.717, 1.165) is 0 Å². The molecule has 26 heavy (non-hydrogen) atoms. The van der Waals surface area contributed by atoms with Crippen LogP contribution in [0.1, 0.15) is 5.89 Å². The van der Waals surface area contributed by atoms with E-state index >= 15 is 0 Å². The summed E-state index contributed by atoms with van der Waals surface area (Å²) < 4.78 is 42.6. The van der Waals surface area contributed by atoms with Crippen molar-refractivity contribution >= 4 is 10.0 Å². The first-order valence-electron chi connectivity index (χ1n) is 7.62. The van der Waals surface area contributed by atoms with E-state index in [0.29, 0.717) is 23.0 Å². The molecule has 0 radical (unpaired) electrons. The average molecular weight is 375 g/mol. The lowest BCUT2D eigenvalue weighted by molar-refractivity contribution is 0.414. The summed E-state index contributed by atoms with van der Waals surface area (Å²) in [6, 6.07) is 13.1. The largest absolute Gasteiger partial charge is 0.497 e. The normalized spacial score (nSPS) is 11.3. The number of hydrogen-bond donors (Lipinski definition) is 1. The molecule has 0 bridgehead atoms. The van der Waals surface area contributed by atoms with Crippen molar-refractivity contribution in [3.8, 4) is 23.0 Å². The van der Waals surface area contributed by atoms with Crippen molar-refractivity contribution in [2.24, 2.45) is 0 Å². The van der Waals surface area contributed by atoms with Crippen LogP contribution in [0.15, 0.2) is 57.8 Å². The second kappa shape index (κ2) is 7.54. The number of hydrogen-bond acceptors (Lipinski definition) is 7. The molecular weight excluding hydrogens is 358 g/mol. The first-order valence-corrected chi connectivity index (χ1v) is 9.10. The highest BCUT2D eigenvalue weighted by atomic mass is 32.2. The zero-order valence-electron chi connectivity index (χ0n) is 14.2. The van der Waals surface area contributed by atoms with E-state index in [4.69, 9.17) is 13.9 Å². The summed E-state index contributed by atoms with van der Waals surface area (Å²) in [5, 5.41) is 7.79. The van der Waals surface area contributed by atoms with E-state index < -0.39 is 10.0 Å². The lowest BCUT2D eigenvalue weighted by atomic mass is 10.2. The molecule has 1 N–H and O–H groups in total. The van der Waals surface area contributed by atoms with Gasteiger partial charge in [0, 0.05) is 5.56 Å². The third kappa shape index (κ3) is 4.01. The van der Waals surface area contributed by atoms with Gasteiger partial charge in [-0.2, -0.15) is 0 Å². The predicted octanol–water partition coefficient (Wildman–Crippen LogP) is 2.23. The Morgan fingerprint density at radius 3 is 2.08 bits per heavy atom. The van der Waals surface area contributed by atoms with Gasteiger partial charge in [-0.05, 0) is 48.5 Å². The minimum absolute atomic E-state index is 0.114. The van der Waals surface area contributed by atoms with Crippen LogP contribution < -0.4 is 14.2 Å². The van der Waals surface area contributed by atoms with Gasteiger partial charge in [0.1, 0.15) is 11.5 Å². The molecule has 2 aromatic carbocycles. The molecule has 0 fully saturated rings. The molecule has 9 heteroatoms. The Morgan fingerprint density at radius 1 is 0.923 bits per heavy atom. The summed E-state index contributed by atoms with van der Waals surface area (Å²) in [4.78, 5) is 0.119.